The monoisotopic (exact) mass is 208 g/mol. The Morgan fingerprint density at radius 2 is 2.07 bits per heavy atom. The number of amides is 1. The van der Waals surface area contributed by atoms with E-state index >= 15 is 0 Å². The van der Waals surface area contributed by atoms with Gasteiger partial charge < -0.3 is 15.8 Å². The molecule has 0 unspecified atom stereocenters. The molecule has 3 N–H and O–H groups in total. The van der Waals surface area contributed by atoms with Crippen LogP contribution in [0.5, 0.6) is 5.75 Å². The molecule has 0 fully saturated rings. The van der Waals surface area contributed by atoms with Gasteiger partial charge in [-0.2, -0.15) is 0 Å². The third kappa shape index (κ3) is 4.46. The second kappa shape index (κ2) is 6.03. The summed E-state index contributed by atoms with van der Waals surface area (Å²) in [6, 6.07) is 7.77. The smallest absolute Gasteiger partial charge is 0.233 e. The lowest BCUT2D eigenvalue weighted by atomic mass is 10.2. The van der Waals surface area contributed by atoms with Gasteiger partial charge in [0.25, 0.3) is 0 Å². The van der Waals surface area contributed by atoms with Gasteiger partial charge in [0.15, 0.2) is 0 Å². The van der Waals surface area contributed by atoms with Crippen LogP contribution in [0.25, 0.3) is 0 Å². The quantitative estimate of drug-likeness (QED) is 0.690. The fourth-order valence-corrected chi connectivity index (χ4v) is 1.07. The highest BCUT2D eigenvalue weighted by atomic mass is 16.5. The van der Waals surface area contributed by atoms with Crippen LogP contribution in [0, 0.1) is 6.92 Å². The average molecular weight is 208 g/mol. The molecule has 0 saturated carbocycles. The van der Waals surface area contributed by atoms with E-state index in [9.17, 15) is 4.79 Å². The molecule has 82 valence electrons. The number of nitrogens with two attached hydrogens (primary N) is 1. The SMILES string of the molecule is Cc1ccc(OCCNC(=O)CN)cc1. The van der Waals surface area contributed by atoms with E-state index in [1.807, 2.05) is 31.2 Å². The van der Waals surface area contributed by atoms with Gasteiger partial charge in [-0.15, -0.1) is 0 Å². The highest BCUT2D eigenvalue weighted by molar-refractivity contribution is 5.77. The number of benzene rings is 1. The molecule has 1 aromatic rings. The fraction of sp³-hybridized carbons (Fsp3) is 0.364. The van der Waals surface area contributed by atoms with Crippen molar-refractivity contribution < 1.29 is 9.53 Å². The first-order valence-electron chi connectivity index (χ1n) is 4.88. The van der Waals surface area contributed by atoms with Crippen LogP contribution in [0.3, 0.4) is 0 Å². The van der Waals surface area contributed by atoms with E-state index in [0.717, 1.165) is 5.75 Å². The molecule has 4 nitrogen and oxygen atoms in total. The summed E-state index contributed by atoms with van der Waals surface area (Å²) >= 11 is 0. The Morgan fingerprint density at radius 3 is 2.67 bits per heavy atom. The van der Waals surface area contributed by atoms with Gasteiger partial charge in [-0.05, 0) is 19.1 Å². The molecule has 1 rings (SSSR count). The van der Waals surface area contributed by atoms with Crippen molar-refractivity contribution >= 4 is 5.91 Å². The van der Waals surface area contributed by atoms with Crippen LogP contribution in [-0.4, -0.2) is 25.6 Å². The Bertz CT molecular complexity index is 309. The van der Waals surface area contributed by atoms with Crippen molar-refractivity contribution in [3.05, 3.63) is 29.8 Å². The number of aryl methyl sites for hydroxylation is 1. The van der Waals surface area contributed by atoms with Crippen LogP contribution < -0.4 is 15.8 Å². The standard InChI is InChI=1S/C11H16N2O2/c1-9-2-4-10(5-3-9)15-7-6-13-11(14)8-12/h2-5H,6-8,12H2,1H3,(H,13,14). The Hall–Kier alpha value is -1.55. The van der Waals surface area contributed by atoms with Crippen LogP contribution in [-0.2, 0) is 4.79 Å². The van der Waals surface area contributed by atoms with E-state index in [2.05, 4.69) is 5.32 Å². The molecule has 0 bridgehead atoms. The van der Waals surface area contributed by atoms with Crippen molar-refractivity contribution in [1.82, 2.24) is 5.32 Å². The predicted octanol–water partition coefficient (Wildman–Crippen LogP) is 0.449. The van der Waals surface area contributed by atoms with Crippen LogP contribution in [0.15, 0.2) is 24.3 Å². The summed E-state index contributed by atoms with van der Waals surface area (Å²) < 4.78 is 5.40. The summed E-state index contributed by atoms with van der Waals surface area (Å²) in [6.45, 7) is 2.97. The minimum atomic E-state index is -0.164. The summed E-state index contributed by atoms with van der Waals surface area (Å²) in [4.78, 5) is 10.8. The average Bonchev–Trinajstić information content (AvgIpc) is 2.26. The Kier molecular flexibility index (Phi) is 4.63. The number of hydrogen-bond donors (Lipinski definition) is 2. The highest BCUT2D eigenvalue weighted by Crippen LogP contribution is 2.10. The van der Waals surface area contributed by atoms with Crippen molar-refractivity contribution in [3.63, 3.8) is 0 Å². The van der Waals surface area contributed by atoms with Gasteiger partial charge in [-0.3, -0.25) is 4.79 Å². The number of carbonyl (C=O) groups excluding carboxylic acids is 1. The molecule has 0 heterocycles. The van der Waals surface area contributed by atoms with Crippen LogP contribution in [0.2, 0.25) is 0 Å². The summed E-state index contributed by atoms with van der Waals surface area (Å²) in [6.07, 6.45) is 0. The summed E-state index contributed by atoms with van der Waals surface area (Å²) in [5, 5.41) is 2.63. The molecule has 1 amide bonds. The van der Waals surface area contributed by atoms with Crippen molar-refractivity contribution in [3.8, 4) is 5.75 Å². The molecule has 0 aromatic heterocycles. The predicted molar refractivity (Wildman–Crippen MR) is 58.7 cm³/mol. The van der Waals surface area contributed by atoms with Crippen molar-refractivity contribution in [2.45, 2.75) is 6.92 Å². The maximum Gasteiger partial charge on any atom is 0.233 e. The van der Waals surface area contributed by atoms with Crippen LogP contribution in [0.1, 0.15) is 5.56 Å². The molecular weight excluding hydrogens is 192 g/mol. The highest BCUT2D eigenvalue weighted by Gasteiger charge is 1.96. The summed E-state index contributed by atoms with van der Waals surface area (Å²) in [7, 11) is 0. The van der Waals surface area contributed by atoms with Crippen molar-refractivity contribution in [1.29, 1.82) is 0 Å². The lowest BCUT2D eigenvalue weighted by molar-refractivity contribution is -0.119. The first kappa shape index (κ1) is 11.5. The lowest BCUT2D eigenvalue weighted by Gasteiger charge is -2.07. The molecule has 0 aliphatic carbocycles. The van der Waals surface area contributed by atoms with E-state index in [1.54, 1.807) is 0 Å². The van der Waals surface area contributed by atoms with Gasteiger partial charge in [-0.1, -0.05) is 17.7 Å². The maximum atomic E-state index is 10.8. The largest absolute Gasteiger partial charge is 0.492 e. The normalized spacial score (nSPS) is 9.73. The van der Waals surface area contributed by atoms with E-state index < -0.39 is 0 Å². The number of hydrogen-bond acceptors (Lipinski definition) is 3. The topological polar surface area (TPSA) is 64.3 Å². The molecule has 0 saturated heterocycles. The fourth-order valence-electron chi connectivity index (χ4n) is 1.07. The second-order valence-corrected chi connectivity index (χ2v) is 3.22. The molecule has 0 aliphatic heterocycles. The zero-order valence-corrected chi connectivity index (χ0v) is 8.82. The Labute approximate surface area is 89.4 Å². The molecule has 4 heteroatoms. The maximum absolute atomic E-state index is 10.8. The van der Waals surface area contributed by atoms with E-state index in [-0.39, 0.29) is 12.5 Å². The number of rotatable bonds is 5. The molecule has 0 aliphatic rings. The van der Waals surface area contributed by atoms with Gasteiger partial charge in [0.05, 0.1) is 13.1 Å². The zero-order chi connectivity index (χ0) is 11.1. The molecule has 0 radical (unpaired) electrons. The minimum Gasteiger partial charge on any atom is -0.492 e. The molecular formula is C11H16N2O2. The van der Waals surface area contributed by atoms with Crippen LogP contribution in [0.4, 0.5) is 0 Å². The van der Waals surface area contributed by atoms with Gasteiger partial charge in [0.1, 0.15) is 12.4 Å². The van der Waals surface area contributed by atoms with E-state index in [4.69, 9.17) is 10.5 Å². The van der Waals surface area contributed by atoms with E-state index in [1.165, 1.54) is 5.56 Å². The van der Waals surface area contributed by atoms with Crippen molar-refractivity contribution in [2.75, 3.05) is 19.7 Å². The van der Waals surface area contributed by atoms with Gasteiger partial charge in [-0.25, -0.2) is 0 Å². The first-order valence-corrected chi connectivity index (χ1v) is 4.88. The minimum absolute atomic E-state index is 0.0184. The van der Waals surface area contributed by atoms with Gasteiger partial charge in [0.2, 0.25) is 5.91 Å². The molecule has 1 aromatic carbocycles. The molecule has 0 atom stereocenters. The lowest BCUT2D eigenvalue weighted by Crippen LogP contribution is -2.33. The summed E-state index contributed by atoms with van der Waals surface area (Å²) in [5.74, 6) is 0.644. The molecule has 15 heavy (non-hydrogen) atoms. The van der Waals surface area contributed by atoms with Gasteiger partial charge in [0, 0.05) is 0 Å². The number of nitrogens with one attached hydrogen (secondary N) is 1. The van der Waals surface area contributed by atoms with Crippen molar-refractivity contribution in [2.24, 2.45) is 5.73 Å². The van der Waals surface area contributed by atoms with Crippen LogP contribution >= 0.6 is 0 Å². The Morgan fingerprint density at radius 1 is 1.40 bits per heavy atom. The van der Waals surface area contributed by atoms with Gasteiger partial charge >= 0.3 is 0 Å². The third-order valence-corrected chi connectivity index (χ3v) is 1.90. The Balaban J connectivity index is 2.20. The number of ether oxygens (including phenoxy) is 1. The van der Waals surface area contributed by atoms with E-state index in [0.29, 0.717) is 13.2 Å². The molecule has 0 spiro atoms. The zero-order valence-electron chi connectivity index (χ0n) is 8.82. The first-order chi connectivity index (χ1) is 7.22. The summed E-state index contributed by atoms with van der Waals surface area (Å²) in [5.41, 5.74) is 6.32. The number of carbonyl (C=O) groups is 1. The second-order valence-electron chi connectivity index (χ2n) is 3.22. The third-order valence-electron chi connectivity index (χ3n) is 1.90.